The first kappa shape index (κ1) is 14.9. The van der Waals surface area contributed by atoms with Crippen molar-refractivity contribution in [3.63, 3.8) is 0 Å². The molecule has 0 radical (unpaired) electrons. The molecular formula is C18H21ClO. The van der Waals surface area contributed by atoms with Crippen LogP contribution >= 0.6 is 11.6 Å². The molecule has 0 saturated carbocycles. The first-order valence-electron chi connectivity index (χ1n) is 6.84. The molecular weight excluding hydrogens is 268 g/mol. The highest BCUT2D eigenvalue weighted by atomic mass is 35.5. The standard InChI is InChI=1S/C18H21ClO/c1-13-11-15(10-9-14(13)12-19)20-17-8-6-5-7-16(17)18(2,3)4/h5-11H,12H2,1-4H3. The highest BCUT2D eigenvalue weighted by Gasteiger charge is 2.18. The molecule has 0 fully saturated rings. The second-order valence-electron chi connectivity index (χ2n) is 6.07. The molecule has 0 aliphatic carbocycles. The molecule has 2 rings (SSSR count). The van der Waals surface area contributed by atoms with Gasteiger partial charge in [-0.1, -0.05) is 45.0 Å². The minimum Gasteiger partial charge on any atom is -0.457 e. The van der Waals surface area contributed by atoms with Crippen LogP contribution in [0.1, 0.15) is 37.5 Å². The second-order valence-corrected chi connectivity index (χ2v) is 6.34. The minimum atomic E-state index is 0.0573. The molecule has 0 unspecified atom stereocenters. The lowest BCUT2D eigenvalue weighted by Gasteiger charge is -2.22. The Kier molecular flexibility index (Phi) is 4.39. The van der Waals surface area contributed by atoms with E-state index in [1.54, 1.807) is 0 Å². The fourth-order valence-electron chi connectivity index (χ4n) is 2.18. The number of benzene rings is 2. The van der Waals surface area contributed by atoms with Gasteiger partial charge in [0, 0.05) is 11.4 Å². The van der Waals surface area contributed by atoms with Crippen molar-refractivity contribution in [2.24, 2.45) is 0 Å². The van der Waals surface area contributed by atoms with Gasteiger partial charge in [-0.25, -0.2) is 0 Å². The zero-order valence-corrected chi connectivity index (χ0v) is 13.3. The van der Waals surface area contributed by atoms with Crippen LogP contribution in [0.5, 0.6) is 11.5 Å². The Morgan fingerprint density at radius 1 is 1.05 bits per heavy atom. The highest BCUT2D eigenvalue weighted by molar-refractivity contribution is 6.17. The summed E-state index contributed by atoms with van der Waals surface area (Å²) >= 11 is 5.89. The topological polar surface area (TPSA) is 9.23 Å². The molecule has 20 heavy (non-hydrogen) atoms. The largest absolute Gasteiger partial charge is 0.457 e. The lowest BCUT2D eigenvalue weighted by molar-refractivity contribution is 0.455. The molecule has 0 spiro atoms. The normalized spacial score (nSPS) is 11.4. The van der Waals surface area contributed by atoms with Crippen LogP contribution in [0, 0.1) is 6.92 Å². The average Bonchev–Trinajstić information content (AvgIpc) is 2.38. The van der Waals surface area contributed by atoms with Crippen molar-refractivity contribution >= 4 is 11.6 Å². The molecule has 0 aliphatic heterocycles. The van der Waals surface area contributed by atoms with Crippen molar-refractivity contribution < 1.29 is 4.74 Å². The number of para-hydroxylation sites is 1. The zero-order chi connectivity index (χ0) is 14.8. The van der Waals surface area contributed by atoms with Crippen LogP contribution in [0.4, 0.5) is 0 Å². The third kappa shape index (κ3) is 3.34. The monoisotopic (exact) mass is 288 g/mol. The van der Waals surface area contributed by atoms with Crippen LogP contribution in [0.15, 0.2) is 42.5 Å². The molecule has 0 saturated heterocycles. The lowest BCUT2D eigenvalue weighted by Crippen LogP contribution is -2.12. The summed E-state index contributed by atoms with van der Waals surface area (Å²) in [5.74, 6) is 2.30. The van der Waals surface area contributed by atoms with E-state index in [2.05, 4.69) is 39.8 Å². The van der Waals surface area contributed by atoms with Crippen LogP contribution in [0.25, 0.3) is 0 Å². The Labute approximate surface area is 126 Å². The maximum absolute atomic E-state index is 6.07. The highest BCUT2D eigenvalue weighted by Crippen LogP contribution is 2.34. The summed E-state index contributed by atoms with van der Waals surface area (Å²) < 4.78 is 6.07. The summed E-state index contributed by atoms with van der Waals surface area (Å²) in [6.45, 7) is 8.63. The number of hydrogen-bond acceptors (Lipinski definition) is 1. The predicted molar refractivity (Wildman–Crippen MR) is 86.0 cm³/mol. The Bertz CT molecular complexity index is 597. The van der Waals surface area contributed by atoms with Gasteiger partial charge in [-0.3, -0.25) is 0 Å². The first-order valence-corrected chi connectivity index (χ1v) is 7.38. The van der Waals surface area contributed by atoms with E-state index in [1.807, 2.05) is 30.3 Å². The summed E-state index contributed by atoms with van der Waals surface area (Å²) in [5.41, 5.74) is 3.56. The first-order chi connectivity index (χ1) is 9.41. The summed E-state index contributed by atoms with van der Waals surface area (Å²) in [5, 5.41) is 0. The average molecular weight is 289 g/mol. The van der Waals surface area contributed by atoms with Crippen molar-refractivity contribution in [3.05, 3.63) is 59.2 Å². The lowest BCUT2D eigenvalue weighted by atomic mass is 9.86. The Morgan fingerprint density at radius 3 is 2.35 bits per heavy atom. The third-order valence-corrected chi connectivity index (χ3v) is 3.67. The fourth-order valence-corrected chi connectivity index (χ4v) is 2.48. The van der Waals surface area contributed by atoms with Crippen molar-refractivity contribution in [1.29, 1.82) is 0 Å². The van der Waals surface area contributed by atoms with Crippen molar-refractivity contribution in [2.45, 2.75) is 39.0 Å². The van der Waals surface area contributed by atoms with Crippen LogP contribution in [0.2, 0.25) is 0 Å². The van der Waals surface area contributed by atoms with Gasteiger partial charge in [0.1, 0.15) is 11.5 Å². The summed E-state index contributed by atoms with van der Waals surface area (Å²) in [6.07, 6.45) is 0. The van der Waals surface area contributed by atoms with Gasteiger partial charge in [-0.15, -0.1) is 11.6 Å². The number of halogens is 1. The molecule has 2 aromatic rings. The SMILES string of the molecule is Cc1cc(Oc2ccccc2C(C)(C)C)ccc1CCl. The number of aryl methyl sites for hydroxylation is 1. The van der Waals surface area contributed by atoms with E-state index in [1.165, 1.54) is 5.56 Å². The molecule has 0 heterocycles. The van der Waals surface area contributed by atoms with E-state index in [0.717, 1.165) is 22.6 Å². The molecule has 0 aliphatic rings. The Balaban J connectivity index is 2.33. The van der Waals surface area contributed by atoms with E-state index in [-0.39, 0.29) is 5.41 Å². The van der Waals surface area contributed by atoms with Crippen LogP contribution < -0.4 is 4.74 Å². The van der Waals surface area contributed by atoms with Gasteiger partial charge in [0.25, 0.3) is 0 Å². The van der Waals surface area contributed by atoms with E-state index in [4.69, 9.17) is 16.3 Å². The van der Waals surface area contributed by atoms with Gasteiger partial charge in [0.15, 0.2) is 0 Å². The summed E-state index contributed by atoms with van der Waals surface area (Å²) in [7, 11) is 0. The molecule has 0 aromatic heterocycles. The number of hydrogen-bond donors (Lipinski definition) is 0. The number of ether oxygens (including phenoxy) is 1. The van der Waals surface area contributed by atoms with E-state index < -0.39 is 0 Å². The predicted octanol–water partition coefficient (Wildman–Crippen LogP) is 5.82. The smallest absolute Gasteiger partial charge is 0.131 e. The van der Waals surface area contributed by atoms with Gasteiger partial charge in [-0.05, 0) is 41.7 Å². The van der Waals surface area contributed by atoms with Crippen molar-refractivity contribution in [2.75, 3.05) is 0 Å². The van der Waals surface area contributed by atoms with E-state index in [0.29, 0.717) is 5.88 Å². The fraction of sp³-hybridized carbons (Fsp3) is 0.333. The van der Waals surface area contributed by atoms with Crippen molar-refractivity contribution in [3.8, 4) is 11.5 Å². The van der Waals surface area contributed by atoms with Crippen LogP contribution in [-0.2, 0) is 11.3 Å². The maximum Gasteiger partial charge on any atom is 0.131 e. The van der Waals surface area contributed by atoms with Crippen LogP contribution in [0.3, 0.4) is 0 Å². The molecule has 0 atom stereocenters. The Hall–Kier alpha value is -1.47. The van der Waals surface area contributed by atoms with E-state index >= 15 is 0 Å². The molecule has 0 bridgehead atoms. The van der Waals surface area contributed by atoms with E-state index in [9.17, 15) is 0 Å². The maximum atomic E-state index is 6.07. The zero-order valence-electron chi connectivity index (χ0n) is 12.5. The molecule has 2 aromatic carbocycles. The number of rotatable bonds is 3. The summed E-state index contributed by atoms with van der Waals surface area (Å²) in [6, 6.07) is 14.2. The van der Waals surface area contributed by atoms with Gasteiger partial charge >= 0.3 is 0 Å². The summed E-state index contributed by atoms with van der Waals surface area (Å²) in [4.78, 5) is 0. The van der Waals surface area contributed by atoms with Gasteiger partial charge in [-0.2, -0.15) is 0 Å². The van der Waals surface area contributed by atoms with Crippen molar-refractivity contribution in [1.82, 2.24) is 0 Å². The quantitative estimate of drug-likeness (QED) is 0.646. The van der Waals surface area contributed by atoms with Crippen LogP contribution in [-0.4, -0.2) is 0 Å². The Morgan fingerprint density at radius 2 is 1.75 bits per heavy atom. The second kappa shape index (κ2) is 5.88. The minimum absolute atomic E-state index is 0.0573. The molecule has 0 amide bonds. The molecule has 0 N–H and O–H groups in total. The molecule has 1 nitrogen and oxygen atoms in total. The molecule has 106 valence electrons. The van der Waals surface area contributed by atoms with Gasteiger partial charge in [0.2, 0.25) is 0 Å². The van der Waals surface area contributed by atoms with Gasteiger partial charge in [0.05, 0.1) is 0 Å². The van der Waals surface area contributed by atoms with Gasteiger partial charge < -0.3 is 4.74 Å². The third-order valence-electron chi connectivity index (χ3n) is 3.38. The number of alkyl halides is 1. The molecule has 2 heteroatoms.